The van der Waals surface area contributed by atoms with Crippen LogP contribution >= 0.6 is 0 Å². The first-order chi connectivity index (χ1) is 5.08. The maximum atomic E-state index is 2.41. The van der Waals surface area contributed by atoms with Gasteiger partial charge in [-0.3, -0.25) is 0 Å². The fourth-order valence-corrected chi connectivity index (χ4v) is 2.24. The van der Waals surface area contributed by atoms with E-state index in [2.05, 4.69) is 56.0 Å². The molecule has 2 heteroatoms. The fourth-order valence-electron chi connectivity index (χ4n) is 1.05. The molecule has 0 atom stereocenters. The third kappa shape index (κ3) is 5.57. The van der Waals surface area contributed by atoms with E-state index in [9.17, 15) is 0 Å². The Morgan fingerprint density at radius 1 is 1.00 bits per heavy atom. The molecule has 0 spiro atoms. The second-order valence-electron chi connectivity index (χ2n) is 3.92. The number of hydrogen-bond donors (Lipinski definition) is 0. The van der Waals surface area contributed by atoms with Gasteiger partial charge in [-0.1, -0.05) is 25.7 Å². The van der Waals surface area contributed by atoms with E-state index >= 15 is 0 Å². The van der Waals surface area contributed by atoms with E-state index in [4.69, 9.17) is 0 Å². The normalized spacial score (nSPS) is 10.2. The summed E-state index contributed by atoms with van der Waals surface area (Å²) >= 11 is 0. The van der Waals surface area contributed by atoms with Gasteiger partial charge in [0.25, 0.3) is 0 Å². The third-order valence-corrected chi connectivity index (χ3v) is 2.60. The molecule has 12 heavy (non-hydrogen) atoms. The third-order valence-electron chi connectivity index (χ3n) is 1.40. The number of benzene rings is 1. The van der Waals surface area contributed by atoms with Crippen molar-refractivity contribution >= 4 is 8.07 Å². The van der Waals surface area contributed by atoms with Gasteiger partial charge >= 0.3 is 51.4 Å². The molecular formula is C10H15KSi. The summed E-state index contributed by atoms with van der Waals surface area (Å²) in [7, 11) is -1.02. The molecule has 0 aliphatic heterocycles. The van der Waals surface area contributed by atoms with Crippen molar-refractivity contribution in [2.24, 2.45) is 0 Å². The summed E-state index contributed by atoms with van der Waals surface area (Å²) in [6, 6.07) is 13.0. The van der Waals surface area contributed by atoms with E-state index in [1.54, 1.807) is 0 Å². The Hall–Kier alpha value is 0.943. The molecule has 0 radical (unpaired) electrons. The zero-order valence-electron chi connectivity index (χ0n) is 8.46. The summed E-state index contributed by atoms with van der Waals surface area (Å²) in [5, 5.41) is 0. The van der Waals surface area contributed by atoms with Crippen molar-refractivity contribution in [1.29, 1.82) is 0 Å². The van der Waals surface area contributed by atoms with Gasteiger partial charge in [0.1, 0.15) is 0 Å². The van der Waals surface area contributed by atoms with Crippen LogP contribution in [0.4, 0.5) is 0 Å². The fraction of sp³-hybridized carbons (Fsp3) is 0.300. The molecule has 0 saturated carbocycles. The minimum atomic E-state index is -1.02. The molecule has 0 fully saturated rings. The summed E-state index contributed by atoms with van der Waals surface area (Å²) in [5.41, 5.74) is 1.37. The molecule has 0 bridgehead atoms. The summed E-state index contributed by atoms with van der Waals surface area (Å²) in [4.78, 5) is 0. The molecule has 1 rings (SSSR count). The standard InChI is InChI=1S/C10H15Si.K/c1-11(2,3)9-10-7-5-4-6-8-10;/h4-9H,1-3H3;/q-1;+1. The van der Waals surface area contributed by atoms with Gasteiger partial charge in [-0.2, -0.15) is 23.7 Å². The van der Waals surface area contributed by atoms with E-state index in [1.165, 1.54) is 5.56 Å². The van der Waals surface area contributed by atoms with Crippen LogP contribution in [0, 0.1) is 6.04 Å². The largest absolute Gasteiger partial charge is 1.00 e. The molecule has 0 amide bonds. The van der Waals surface area contributed by atoms with Crippen LogP contribution in [0.15, 0.2) is 30.3 Å². The van der Waals surface area contributed by atoms with Crippen LogP contribution < -0.4 is 51.4 Å². The Morgan fingerprint density at radius 3 is 1.92 bits per heavy atom. The van der Waals surface area contributed by atoms with Gasteiger partial charge in [0.2, 0.25) is 0 Å². The molecule has 60 valence electrons. The van der Waals surface area contributed by atoms with Gasteiger partial charge in [0, 0.05) is 8.07 Å². The quantitative estimate of drug-likeness (QED) is 0.472. The first-order valence-corrected chi connectivity index (χ1v) is 7.57. The predicted octanol–water partition coefficient (Wildman–Crippen LogP) is 0.120. The van der Waals surface area contributed by atoms with Crippen molar-refractivity contribution in [2.75, 3.05) is 0 Å². The van der Waals surface area contributed by atoms with Crippen LogP contribution in [-0.4, -0.2) is 8.07 Å². The summed E-state index contributed by atoms with van der Waals surface area (Å²) in [6.45, 7) is 7.04. The average molecular weight is 202 g/mol. The van der Waals surface area contributed by atoms with Gasteiger partial charge in [-0.25, -0.2) is 0 Å². The van der Waals surface area contributed by atoms with Gasteiger partial charge in [0.05, 0.1) is 0 Å². The SMILES string of the molecule is C[Si](C)(C)[CH-]c1ccccc1.[K+]. The van der Waals surface area contributed by atoms with Crippen LogP contribution in [0.5, 0.6) is 0 Å². The Bertz CT molecular complexity index is 213. The van der Waals surface area contributed by atoms with Gasteiger partial charge in [-0.05, 0) is 0 Å². The molecule has 0 N–H and O–H groups in total. The van der Waals surface area contributed by atoms with E-state index < -0.39 is 8.07 Å². The molecule has 0 heterocycles. The van der Waals surface area contributed by atoms with Crippen molar-refractivity contribution < 1.29 is 51.4 Å². The summed E-state index contributed by atoms with van der Waals surface area (Å²) in [5.74, 6) is 0. The zero-order valence-corrected chi connectivity index (χ0v) is 12.6. The van der Waals surface area contributed by atoms with E-state index in [0.717, 1.165) is 0 Å². The van der Waals surface area contributed by atoms with E-state index in [0.29, 0.717) is 0 Å². The van der Waals surface area contributed by atoms with Crippen molar-refractivity contribution in [3.63, 3.8) is 0 Å². The Morgan fingerprint density at radius 2 is 1.50 bits per heavy atom. The van der Waals surface area contributed by atoms with Gasteiger partial charge < -0.3 is 0 Å². The maximum Gasteiger partial charge on any atom is 1.00 e. The molecule has 1 aromatic rings. The second kappa shape index (κ2) is 5.63. The van der Waals surface area contributed by atoms with Crippen LogP contribution in [0.1, 0.15) is 5.56 Å². The summed E-state index contributed by atoms with van der Waals surface area (Å²) in [6.07, 6.45) is 0. The molecular weight excluding hydrogens is 187 g/mol. The molecule has 0 unspecified atom stereocenters. The Balaban J connectivity index is 0.00000121. The van der Waals surface area contributed by atoms with Crippen LogP contribution in [0.3, 0.4) is 0 Å². The first kappa shape index (κ1) is 12.9. The summed E-state index contributed by atoms with van der Waals surface area (Å²) < 4.78 is 0. The topological polar surface area (TPSA) is 0 Å². The molecule has 0 aliphatic rings. The molecule has 0 saturated heterocycles. The number of rotatable bonds is 2. The minimum absolute atomic E-state index is 0. The van der Waals surface area contributed by atoms with Crippen molar-refractivity contribution in [1.82, 2.24) is 0 Å². The Kier molecular flexibility index (Phi) is 6.07. The van der Waals surface area contributed by atoms with E-state index in [-0.39, 0.29) is 51.4 Å². The van der Waals surface area contributed by atoms with Gasteiger partial charge in [-0.15, -0.1) is 12.1 Å². The number of hydrogen-bond acceptors (Lipinski definition) is 0. The average Bonchev–Trinajstić information content (AvgIpc) is 1.85. The first-order valence-electron chi connectivity index (χ1n) is 3.99. The maximum absolute atomic E-state index is 2.41. The zero-order chi connectivity index (χ0) is 8.32. The van der Waals surface area contributed by atoms with Gasteiger partial charge in [0.15, 0.2) is 0 Å². The Labute approximate surface area is 119 Å². The van der Waals surface area contributed by atoms with Crippen molar-refractivity contribution in [2.45, 2.75) is 19.6 Å². The monoisotopic (exact) mass is 202 g/mol. The van der Waals surface area contributed by atoms with Crippen molar-refractivity contribution in [3.05, 3.63) is 41.9 Å². The minimum Gasteiger partial charge on any atom is -0.194 e. The molecule has 0 aliphatic carbocycles. The second-order valence-corrected chi connectivity index (χ2v) is 8.94. The van der Waals surface area contributed by atoms with Crippen LogP contribution in [0.2, 0.25) is 19.6 Å². The van der Waals surface area contributed by atoms with Crippen LogP contribution in [0.25, 0.3) is 0 Å². The van der Waals surface area contributed by atoms with Crippen molar-refractivity contribution in [3.8, 4) is 0 Å². The van der Waals surface area contributed by atoms with Crippen LogP contribution in [-0.2, 0) is 0 Å². The van der Waals surface area contributed by atoms with E-state index in [1.807, 2.05) is 0 Å². The molecule has 0 aromatic heterocycles. The predicted molar refractivity (Wildman–Crippen MR) is 53.2 cm³/mol. The smallest absolute Gasteiger partial charge is 0.194 e. The molecule has 0 nitrogen and oxygen atoms in total. The molecule has 1 aromatic carbocycles.